The first-order valence-corrected chi connectivity index (χ1v) is 5.98. The summed E-state index contributed by atoms with van der Waals surface area (Å²) in [7, 11) is 0. The van der Waals surface area contributed by atoms with Crippen LogP contribution >= 0.6 is 0 Å². The minimum Gasteiger partial charge on any atom is -0.466 e. The smallest absolute Gasteiger partial charge is 0.305 e. The van der Waals surface area contributed by atoms with Gasteiger partial charge >= 0.3 is 5.97 Å². The van der Waals surface area contributed by atoms with Crippen molar-refractivity contribution in [2.75, 3.05) is 13.2 Å². The van der Waals surface area contributed by atoms with E-state index in [0.717, 1.165) is 12.8 Å². The lowest BCUT2D eigenvalue weighted by atomic mass is 9.94. The van der Waals surface area contributed by atoms with Crippen LogP contribution in [0.1, 0.15) is 46.5 Å². The molecule has 0 amide bonds. The first-order valence-electron chi connectivity index (χ1n) is 5.98. The van der Waals surface area contributed by atoms with Gasteiger partial charge in [0.15, 0.2) is 0 Å². The molecule has 0 rings (SSSR count). The summed E-state index contributed by atoms with van der Waals surface area (Å²) in [6.45, 7) is 10.6. The van der Waals surface area contributed by atoms with Gasteiger partial charge in [0.25, 0.3) is 0 Å². The fourth-order valence-electron chi connectivity index (χ4n) is 1.62. The van der Waals surface area contributed by atoms with Gasteiger partial charge in [-0.25, -0.2) is 0 Å². The van der Waals surface area contributed by atoms with Gasteiger partial charge in [-0.3, -0.25) is 4.79 Å². The van der Waals surface area contributed by atoms with Crippen molar-refractivity contribution in [3.63, 3.8) is 0 Å². The molecule has 0 aliphatic carbocycles. The molecular weight excluding hydrogens is 204 g/mol. The first kappa shape index (κ1) is 15.2. The molecule has 0 aliphatic rings. The minimum absolute atomic E-state index is 0.146. The fraction of sp³-hybridized carbons (Fsp3) is 0.769. The van der Waals surface area contributed by atoms with Crippen molar-refractivity contribution in [3.05, 3.63) is 12.7 Å². The molecule has 3 nitrogen and oxygen atoms in total. The molecule has 0 bridgehead atoms. The zero-order chi connectivity index (χ0) is 12.4. The van der Waals surface area contributed by atoms with Crippen molar-refractivity contribution in [2.24, 2.45) is 0 Å². The number of allylic oxidation sites excluding steroid dienone is 1. The summed E-state index contributed by atoms with van der Waals surface area (Å²) < 4.78 is 10.6. The second-order valence-corrected chi connectivity index (χ2v) is 4.02. The topological polar surface area (TPSA) is 35.5 Å². The van der Waals surface area contributed by atoms with Crippen LogP contribution in [0, 0.1) is 0 Å². The minimum atomic E-state index is -0.240. The molecule has 3 heteroatoms. The Kier molecular flexibility index (Phi) is 7.90. The SMILES string of the molecule is C=CCCC(C)(CCC(=O)OCC)OCC. The van der Waals surface area contributed by atoms with Crippen LogP contribution in [0.25, 0.3) is 0 Å². The van der Waals surface area contributed by atoms with E-state index in [4.69, 9.17) is 9.47 Å². The van der Waals surface area contributed by atoms with Crippen LogP contribution in [-0.2, 0) is 14.3 Å². The quantitative estimate of drug-likeness (QED) is 0.449. The van der Waals surface area contributed by atoms with E-state index >= 15 is 0 Å². The third-order valence-electron chi connectivity index (χ3n) is 2.53. The van der Waals surface area contributed by atoms with E-state index in [0.29, 0.717) is 26.1 Å². The Morgan fingerprint density at radius 1 is 1.31 bits per heavy atom. The van der Waals surface area contributed by atoms with E-state index in [1.165, 1.54) is 0 Å². The number of carbonyl (C=O) groups excluding carboxylic acids is 1. The van der Waals surface area contributed by atoms with E-state index in [1.807, 2.05) is 26.8 Å². The summed E-state index contributed by atoms with van der Waals surface area (Å²) >= 11 is 0. The monoisotopic (exact) mass is 228 g/mol. The maximum atomic E-state index is 11.3. The summed E-state index contributed by atoms with van der Waals surface area (Å²) in [6.07, 6.45) is 4.79. The van der Waals surface area contributed by atoms with Gasteiger partial charge in [0.2, 0.25) is 0 Å². The lowest BCUT2D eigenvalue weighted by Gasteiger charge is -2.29. The highest BCUT2D eigenvalue weighted by molar-refractivity contribution is 5.69. The number of ether oxygens (including phenoxy) is 2. The first-order chi connectivity index (χ1) is 7.58. The molecule has 94 valence electrons. The van der Waals surface area contributed by atoms with Gasteiger partial charge in [0.05, 0.1) is 12.2 Å². The summed E-state index contributed by atoms with van der Waals surface area (Å²) in [6, 6.07) is 0. The molecule has 0 aromatic heterocycles. The number of hydrogen-bond donors (Lipinski definition) is 0. The van der Waals surface area contributed by atoms with Crippen LogP contribution in [0.2, 0.25) is 0 Å². The molecule has 0 spiro atoms. The van der Waals surface area contributed by atoms with Crippen molar-refractivity contribution >= 4 is 5.97 Å². The van der Waals surface area contributed by atoms with Crippen molar-refractivity contribution in [2.45, 2.75) is 52.1 Å². The van der Waals surface area contributed by atoms with Gasteiger partial charge in [-0.2, -0.15) is 0 Å². The highest BCUT2D eigenvalue weighted by atomic mass is 16.5. The molecule has 0 saturated heterocycles. The normalized spacial score (nSPS) is 14.2. The Balaban J connectivity index is 4.09. The molecule has 1 atom stereocenters. The Morgan fingerprint density at radius 2 is 2.00 bits per heavy atom. The standard InChI is InChI=1S/C13H24O3/c1-5-8-10-13(4,16-7-3)11-9-12(14)15-6-2/h5H,1,6-11H2,2-4H3. The molecule has 0 fully saturated rings. The average molecular weight is 228 g/mol. The van der Waals surface area contributed by atoms with Gasteiger partial charge in [0.1, 0.15) is 0 Å². The fourth-order valence-corrected chi connectivity index (χ4v) is 1.62. The molecule has 0 aliphatic heterocycles. The third-order valence-corrected chi connectivity index (χ3v) is 2.53. The van der Waals surface area contributed by atoms with Crippen molar-refractivity contribution in [3.8, 4) is 0 Å². The lowest BCUT2D eigenvalue weighted by molar-refractivity contribution is -0.145. The van der Waals surface area contributed by atoms with E-state index < -0.39 is 0 Å². The highest BCUT2D eigenvalue weighted by Crippen LogP contribution is 2.24. The highest BCUT2D eigenvalue weighted by Gasteiger charge is 2.24. The number of rotatable bonds is 9. The summed E-state index contributed by atoms with van der Waals surface area (Å²) in [4.78, 5) is 11.3. The summed E-state index contributed by atoms with van der Waals surface area (Å²) in [5.74, 6) is -0.146. The molecule has 1 unspecified atom stereocenters. The Morgan fingerprint density at radius 3 is 2.50 bits per heavy atom. The summed E-state index contributed by atoms with van der Waals surface area (Å²) in [5, 5.41) is 0. The van der Waals surface area contributed by atoms with Crippen LogP contribution in [0.4, 0.5) is 0 Å². The predicted molar refractivity (Wildman–Crippen MR) is 65.3 cm³/mol. The number of carbonyl (C=O) groups is 1. The second kappa shape index (κ2) is 8.34. The van der Waals surface area contributed by atoms with Crippen molar-refractivity contribution in [1.29, 1.82) is 0 Å². The zero-order valence-corrected chi connectivity index (χ0v) is 10.8. The average Bonchev–Trinajstić information content (AvgIpc) is 2.25. The van der Waals surface area contributed by atoms with Gasteiger partial charge in [-0.1, -0.05) is 6.08 Å². The molecular formula is C13H24O3. The van der Waals surface area contributed by atoms with Crippen LogP contribution in [0.5, 0.6) is 0 Å². The zero-order valence-electron chi connectivity index (χ0n) is 10.8. The Bertz CT molecular complexity index is 213. The molecule has 16 heavy (non-hydrogen) atoms. The number of esters is 1. The second-order valence-electron chi connectivity index (χ2n) is 4.02. The van der Waals surface area contributed by atoms with Crippen LogP contribution in [-0.4, -0.2) is 24.8 Å². The largest absolute Gasteiger partial charge is 0.466 e. The van der Waals surface area contributed by atoms with Crippen molar-refractivity contribution < 1.29 is 14.3 Å². The van der Waals surface area contributed by atoms with Crippen LogP contribution in [0.15, 0.2) is 12.7 Å². The lowest BCUT2D eigenvalue weighted by Crippen LogP contribution is -2.29. The maximum Gasteiger partial charge on any atom is 0.305 e. The van der Waals surface area contributed by atoms with Gasteiger partial charge in [-0.05, 0) is 40.0 Å². The molecule has 0 N–H and O–H groups in total. The van der Waals surface area contributed by atoms with Gasteiger partial charge in [0, 0.05) is 13.0 Å². The van der Waals surface area contributed by atoms with Crippen LogP contribution in [0.3, 0.4) is 0 Å². The molecule has 0 radical (unpaired) electrons. The third kappa shape index (κ3) is 6.62. The van der Waals surface area contributed by atoms with E-state index in [2.05, 4.69) is 6.58 Å². The van der Waals surface area contributed by atoms with Crippen molar-refractivity contribution in [1.82, 2.24) is 0 Å². The van der Waals surface area contributed by atoms with Gasteiger partial charge < -0.3 is 9.47 Å². The number of hydrogen-bond acceptors (Lipinski definition) is 3. The van der Waals surface area contributed by atoms with E-state index in [1.54, 1.807) is 0 Å². The molecule has 0 heterocycles. The molecule has 0 saturated carbocycles. The van der Waals surface area contributed by atoms with Gasteiger partial charge in [-0.15, -0.1) is 6.58 Å². The maximum absolute atomic E-state index is 11.3. The Hall–Kier alpha value is -0.830. The molecule has 0 aromatic rings. The van der Waals surface area contributed by atoms with Crippen LogP contribution < -0.4 is 0 Å². The summed E-state index contributed by atoms with van der Waals surface area (Å²) in [5.41, 5.74) is -0.240. The van der Waals surface area contributed by atoms with E-state index in [9.17, 15) is 4.79 Å². The van der Waals surface area contributed by atoms with E-state index in [-0.39, 0.29) is 11.6 Å². The predicted octanol–water partition coefficient (Wildman–Crippen LogP) is 3.09. The molecule has 0 aromatic carbocycles. The Labute approximate surface area is 98.8 Å².